The van der Waals surface area contributed by atoms with E-state index in [9.17, 15) is 20.2 Å². The highest BCUT2D eigenvalue weighted by Crippen LogP contribution is 2.28. The Hall–Kier alpha value is -2.62. The third-order valence-electron chi connectivity index (χ3n) is 9.06. The molecule has 0 heterocycles. The predicted octanol–water partition coefficient (Wildman–Crippen LogP) is 7.19. The van der Waals surface area contributed by atoms with Crippen LogP contribution in [0.3, 0.4) is 0 Å². The van der Waals surface area contributed by atoms with Crippen LogP contribution in [0, 0.1) is 20.2 Å². The molecule has 0 aliphatic rings. The maximum absolute atomic E-state index is 11.2. The zero-order chi connectivity index (χ0) is 43.9. The highest BCUT2D eigenvalue weighted by molar-refractivity contribution is 5.65. The van der Waals surface area contributed by atoms with E-state index in [-0.39, 0.29) is 23.7 Å². The summed E-state index contributed by atoms with van der Waals surface area (Å²) in [5, 5.41) is 24.9. The molecule has 1 aromatic rings. The van der Waals surface area contributed by atoms with Gasteiger partial charge in [-0.15, -0.1) is 0 Å². The number of benzene rings is 1. The second-order valence-electron chi connectivity index (χ2n) is 14.1. The molecule has 18 heteroatoms. The van der Waals surface area contributed by atoms with Crippen molar-refractivity contribution in [2.45, 2.75) is 90.4 Å². The van der Waals surface area contributed by atoms with Crippen molar-refractivity contribution in [1.82, 2.24) is 0 Å². The maximum Gasteiger partial charge on any atom is 0.299 e. The molecule has 61 heavy (non-hydrogen) atoms. The minimum Gasteiger partial charge on any atom is -0.379 e. The molecular weight excluding hydrogens is 798 g/mol. The summed E-state index contributed by atoms with van der Waals surface area (Å²) >= 11 is 0. The fourth-order valence-electron chi connectivity index (χ4n) is 5.72. The van der Waals surface area contributed by atoms with Gasteiger partial charge in [0.05, 0.1) is 155 Å². The van der Waals surface area contributed by atoms with E-state index >= 15 is 0 Å². The summed E-state index contributed by atoms with van der Waals surface area (Å²) < 4.78 is 60.6. The second kappa shape index (κ2) is 45.4. The Morgan fingerprint density at radius 1 is 0.393 bits per heavy atom. The first kappa shape index (κ1) is 56.4. The molecule has 0 saturated carbocycles. The van der Waals surface area contributed by atoms with Crippen LogP contribution in [-0.2, 0) is 52.1 Å². The number of nitro groups is 2. The monoisotopic (exact) mass is 878 g/mol. The van der Waals surface area contributed by atoms with E-state index in [4.69, 9.17) is 52.1 Å². The van der Waals surface area contributed by atoms with Gasteiger partial charge < -0.3 is 57.4 Å². The number of nitrogens with zero attached hydrogens (tertiary/aromatic N) is 2. The predicted molar refractivity (Wildman–Crippen MR) is 233 cm³/mol. The minimum atomic E-state index is -0.678. The highest BCUT2D eigenvalue weighted by Gasteiger charge is 2.19. The van der Waals surface area contributed by atoms with Gasteiger partial charge in [0.15, 0.2) is 0 Å². The van der Waals surface area contributed by atoms with Crippen LogP contribution in [0.25, 0.3) is 0 Å². The molecule has 0 spiro atoms. The number of nitrogens with one attached hydrogen (secondary N) is 1. The largest absolute Gasteiger partial charge is 0.379 e. The van der Waals surface area contributed by atoms with Gasteiger partial charge >= 0.3 is 0 Å². The molecule has 0 aliphatic heterocycles. The lowest BCUT2D eigenvalue weighted by atomic mass is 10.0. The number of non-ortho nitro benzene ring substituents is 1. The molecule has 0 saturated heterocycles. The zero-order valence-electron chi connectivity index (χ0n) is 37.2. The molecule has 18 nitrogen and oxygen atoms in total. The highest BCUT2D eigenvalue weighted by atomic mass is 16.6. The zero-order valence-corrected chi connectivity index (χ0v) is 37.2. The van der Waals surface area contributed by atoms with Gasteiger partial charge in [-0.05, 0) is 12.5 Å². The third kappa shape index (κ3) is 38.8. The molecule has 1 N–H and O–H groups in total. The lowest BCUT2D eigenvalue weighted by molar-refractivity contribution is -0.393. The van der Waals surface area contributed by atoms with Crippen LogP contribution >= 0.6 is 0 Å². The average Bonchev–Trinajstić information content (AvgIpc) is 3.26. The number of rotatable bonds is 50. The summed E-state index contributed by atoms with van der Waals surface area (Å²) in [6.45, 7) is 13.3. The van der Waals surface area contributed by atoms with Crippen LogP contribution in [0.1, 0.15) is 90.4 Å². The number of hydrogen-bond donors (Lipinski definition) is 1. The number of hydrogen-bond acceptors (Lipinski definition) is 16. The van der Waals surface area contributed by atoms with Crippen molar-refractivity contribution in [2.75, 3.05) is 157 Å². The van der Waals surface area contributed by atoms with Crippen LogP contribution < -0.4 is 5.32 Å². The molecule has 0 fully saturated rings. The number of unbranched alkanes of at least 4 members (excludes halogenated alkanes) is 12. The van der Waals surface area contributed by atoms with E-state index in [1.165, 1.54) is 89.2 Å². The Balaban J connectivity index is 1.66. The van der Waals surface area contributed by atoms with Crippen molar-refractivity contribution >= 4 is 17.1 Å². The summed E-state index contributed by atoms with van der Waals surface area (Å²) in [6.07, 6.45) is 17.7. The van der Waals surface area contributed by atoms with E-state index < -0.39 is 9.85 Å². The van der Waals surface area contributed by atoms with Crippen molar-refractivity contribution in [2.24, 2.45) is 0 Å². The lowest BCUT2D eigenvalue weighted by Gasteiger charge is -2.09. The lowest BCUT2D eigenvalue weighted by Crippen LogP contribution is -2.16. The van der Waals surface area contributed by atoms with Crippen molar-refractivity contribution in [3.63, 3.8) is 0 Å². The van der Waals surface area contributed by atoms with Crippen molar-refractivity contribution in [3.05, 3.63) is 38.4 Å². The quantitative estimate of drug-likeness (QED) is 0.0391. The smallest absolute Gasteiger partial charge is 0.299 e. The molecular formula is C43H79N3O15. The second-order valence-corrected chi connectivity index (χ2v) is 14.1. The first-order valence-electron chi connectivity index (χ1n) is 22.6. The summed E-state index contributed by atoms with van der Waals surface area (Å²) in [5.74, 6) is 0. The molecule has 0 aromatic heterocycles. The Labute approximate surface area is 364 Å². The topological polar surface area (TPSA) is 200 Å². The minimum absolute atomic E-state index is 0.187. The molecule has 356 valence electrons. The standard InChI is InChI=1S/C43H79N3O15/c1-2-3-4-5-6-7-8-9-10-11-12-13-14-18-51-20-22-53-24-26-55-28-30-57-32-34-59-36-38-61-39-37-60-35-33-58-31-29-56-27-25-54-23-21-52-19-17-44-42-16-15-41(45(47)48)40-43(42)46(49)50/h15-16,40,44H,2-14,17-39H2,1H3. The van der Waals surface area contributed by atoms with Gasteiger partial charge in [-0.3, -0.25) is 20.2 Å². The van der Waals surface area contributed by atoms with E-state index in [0.717, 1.165) is 19.1 Å². The van der Waals surface area contributed by atoms with Gasteiger partial charge in [0.25, 0.3) is 11.4 Å². The third-order valence-corrected chi connectivity index (χ3v) is 9.06. The van der Waals surface area contributed by atoms with Crippen molar-refractivity contribution in [1.29, 1.82) is 0 Å². The van der Waals surface area contributed by atoms with E-state index in [2.05, 4.69) is 12.2 Å². The van der Waals surface area contributed by atoms with Crippen LogP contribution in [0.2, 0.25) is 0 Å². The Bertz CT molecular complexity index is 1120. The van der Waals surface area contributed by atoms with Crippen molar-refractivity contribution < 1.29 is 62.0 Å². The Morgan fingerprint density at radius 3 is 1.00 bits per heavy atom. The molecule has 0 bridgehead atoms. The average molecular weight is 878 g/mol. The molecule has 1 aromatic carbocycles. The molecule has 0 amide bonds. The van der Waals surface area contributed by atoms with Gasteiger partial charge in [0.1, 0.15) is 5.69 Å². The fourth-order valence-corrected chi connectivity index (χ4v) is 5.72. The number of ether oxygens (including phenoxy) is 11. The van der Waals surface area contributed by atoms with Gasteiger partial charge in [0.2, 0.25) is 0 Å². The van der Waals surface area contributed by atoms with Gasteiger partial charge in [-0.25, -0.2) is 0 Å². The summed E-state index contributed by atoms with van der Waals surface area (Å²) in [7, 11) is 0. The van der Waals surface area contributed by atoms with Crippen LogP contribution in [-0.4, -0.2) is 162 Å². The van der Waals surface area contributed by atoms with Crippen molar-refractivity contribution in [3.8, 4) is 0 Å². The Morgan fingerprint density at radius 2 is 0.689 bits per heavy atom. The van der Waals surface area contributed by atoms with Gasteiger partial charge in [-0.2, -0.15) is 0 Å². The molecule has 0 atom stereocenters. The number of nitro benzene ring substituents is 2. The summed E-state index contributed by atoms with van der Waals surface area (Å²) in [4.78, 5) is 20.7. The Kier molecular flexibility index (Phi) is 42.0. The normalized spacial score (nSPS) is 11.4. The number of anilines is 1. The molecule has 0 unspecified atom stereocenters. The van der Waals surface area contributed by atoms with E-state index in [1.807, 2.05) is 0 Å². The van der Waals surface area contributed by atoms with Crippen LogP contribution in [0.4, 0.5) is 17.1 Å². The first-order valence-corrected chi connectivity index (χ1v) is 22.6. The van der Waals surface area contributed by atoms with Gasteiger partial charge in [0, 0.05) is 19.2 Å². The van der Waals surface area contributed by atoms with E-state index in [1.54, 1.807) is 0 Å². The first-order chi connectivity index (χ1) is 30.1. The maximum atomic E-state index is 11.2. The van der Waals surface area contributed by atoms with Crippen LogP contribution in [0.5, 0.6) is 0 Å². The molecule has 1 rings (SSSR count). The summed E-state index contributed by atoms with van der Waals surface area (Å²) in [6, 6.07) is 3.44. The molecule has 0 radical (unpaired) electrons. The van der Waals surface area contributed by atoms with Gasteiger partial charge in [-0.1, -0.05) is 84.0 Å². The van der Waals surface area contributed by atoms with Crippen LogP contribution in [0.15, 0.2) is 18.2 Å². The fraction of sp³-hybridized carbons (Fsp3) is 0.860. The summed E-state index contributed by atoms with van der Waals surface area (Å²) in [5.41, 5.74) is -0.521. The molecule has 0 aliphatic carbocycles. The van der Waals surface area contributed by atoms with E-state index in [0.29, 0.717) is 139 Å². The SMILES string of the molecule is CCCCCCCCCCCCCCCOCCOCCOCCOCCOCCOCCOCCOCCOCCOCCOCCNc1ccc([N+](=O)[O-])cc1[N+](=O)[O-].